The largest absolute Gasteiger partial charge is 0.497 e. The van der Waals surface area contributed by atoms with Crippen LogP contribution in [-0.4, -0.2) is 48.8 Å². The second-order valence-corrected chi connectivity index (χ2v) is 11.3. The monoisotopic (exact) mass is 574 g/mol. The van der Waals surface area contributed by atoms with Crippen molar-refractivity contribution in [3.8, 4) is 11.5 Å². The molecule has 1 amide bonds. The molecule has 9 heteroatoms. The van der Waals surface area contributed by atoms with Crippen molar-refractivity contribution >= 4 is 23.5 Å². The van der Waals surface area contributed by atoms with Gasteiger partial charge in [0.25, 0.3) is 0 Å². The van der Waals surface area contributed by atoms with E-state index in [2.05, 4.69) is 5.32 Å². The quantitative estimate of drug-likeness (QED) is 0.226. The number of amides is 1. The minimum Gasteiger partial charge on any atom is -0.497 e. The molecule has 0 aromatic heterocycles. The first kappa shape index (κ1) is 30.4. The van der Waals surface area contributed by atoms with Crippen LogP contribution in [0.4, 0.5) is 10.5 Å². The molecule has 0 bridgehead atoms. The molecule has 222 valence electrons. The lowest BCUT2D eigenvalue weighted by Gasteiger charge is -2.31. The number of carbonyl (C=O) groups is 3. The fraction of sp³-hybridized carbons (Fsp3) is 0.364. The number of hydrogen-bond acceptors (Lipinski definition) is 7. The summed E-state index contributed by atoms with van der Waals surface area (Å²) in [6.45, 7) is 5.53. The van der Waals surface area contributed by atoms with Gasteiger partial charge in [0.1, 0.15) is 17.1 Å². The zero-order valence-corrected chi connectivity index (χ0v) is 24.7. The third-order valence-corrected chi connectivity index (χ3v) is 7.09. The number of fused-ring (bicyclic) bond motifs is 1. The van der Waals surface area contributed by atoms with Crippen LogP contribution < -0.4 is 19.7 Å². The lowest BCUT2D eigenvalue weighted by Crippen LogP contribution is -2.47. The summed E-state index contributed by atoms with van der Waals surface area (Å²) in [6, 6.07) is 16.3. The second-order valence-electron chi connectivity index (χ2n) is 11.3. The van der Waals surface area contributed by atoms with Gasteiger partial charge in [-0.25, -0.2) is 9.59 Å². The highest BCUT2D eigenvalue weighted by Crippen LogP contribution is 2.32. The van der Waals surface area contributed by atoms with E-state index < -0.39 is 29.5 Å². The van der Waals surface area contributed by atoms with Gasteiger partial charge in [-0.15, -0.1) is 0 Å². The third kappa shape index (κ3) is 7.40. The number of aryl methyl sites for hydroxylation is 2. The molecule has 0 saturated heterocycles. The van der Waals surface area contributed by atoms with Crippen LogP contribution in [-0.2, 0) is 35.5 Å². The van der Waals surface area contributed by atoms with Crippen molar-refractivity contribution in [2.24, 2.45) is 0 Å². The molecule has 1 aliphatic rings. The van der Waals surface area contributed by atoms with Crippen molar-refractivity contribution < 1.29 is 33.7 Å². The molecule has 42 heavy (non-hydrogen) atoms. The van der Waals surface area contributed by atoms with E-state index in [0.717, 1.165) is 24.8 Å². The molecule has 0 heterocycles. The summed E-state index contributed by atoms with van der Waals surface area (Å²) in [6.07, 6.45) is 2.34. The maximum Gasteiger partial charge on any atom is 0.407 e. The average molecular weight is 575 g/mol. The van der Waals surface area contributed by atoms with Crippen LogP contribution in [0.15, 0.2) is 60.7 Å². The van der Waals surface area contributed by atoms with E-state index in [9.17, 15) is 19.5 Å². The minimum absolute atomic E-state index is 0.106. The number of carbonyl (C=O) groups excluding carboxylic acids is 2. The number of ether oxygens (including phenoxy) is 3. The smallest absolute Gasteiger partial charge is 0.407 e. The number of rotatable bonds is 11. The maximum absolute atomic E-state index is 14.0. The molecule has 3 aromatic rings. The van der Waals surface area contributed by atoms with Gasteiger partial charge in [-0.1, -0.05) is 24.3 Å². The Morgan fingerprint density at radius 2 is 1.71 bits per heavy atom. The maximum atomic E-state index is 14.0. The molecule has 0 saturated carbocycles. The molecule has 0 fully saturated rings. The average Bonchev–Trinajstić information content (AvgIpc) is 3.43. The standard InChI is InChI=1S/C33H38N2O7/c1-33(2,3)42-32(39)34-19-21-8-6-11-24(16-21)30(36)29(31(37)38)35(26-14-12-22-9-7-10-23(22)17-26)20-25-13-15-27(40-4)18-28(25)41-5/h6,8,11-18,29H,7,9-10,19-20H2,1-5H3,(H,34,39)(H,37,38)/t29-/m0/s1. The molecular formula is C33H38N2O7. The lowest BCUT2D eigenvalue weighted by molar-refractivity contribution is -0.137. The summed E-state index contributed by atoms with van der Waals surface area (Å²) in [5.41, 5.74) is 3.94. The van der Waals surface area contributed by atoms with E-state index in [1.165, 1.54) is 12.7 Å². The van der Waals surface area contributed by atoms with Crippen LogP contribution in [0.5, 0.6) is 11.5 Å². The number of anilines is 1. The van der Waals surface area contributed by atoms with Gasteiger partial charge in [-0.05, 0) is 87.1 Å². The van der Waals surface area contributed by atoms with Crippen molar-refractivity contribution in [3.05, 3.63) is 88.5 Å². The molecule has 2 N–H and O–H groups in total. The Labute approximate surface area is 246 Å². The Kier molecular flexibility index (Phi) is 9.40. The summed E-state index contributed by atoms with van der Waals surface area (Å²) in [7, 11) is 3.09. The zero-order chi connectivity index (χ0) is 30.4. The van der Waals surface area contributed by atoms with E-state index in [0.29, 0.717) is 28.3 Å². The Morgan fingerprint density at radius 3 is 2.40 bits per heavy atom. The number of Topliss-reactive ketones (excluding diaryl/α,β-unsaturated/α-hetero) is 1. The fourth-order valence-corrected chi connectivity index (χ4v) is 5.10. The molecule has 1 atom stereocenters. The van der Waals surface area contributed by atoms with E-state index >= 15 is 0 Å². The molecule has 1 aliphatic carbocycles. The molecule has 0 unspecified atom stereocenters. The predicted octanol–water partition coefficient (Wildman–Crippen LogP) is 5.56. The number of ketones is 1. The Bertz CT molecular complexity index is 1460. The van der Waals surface area contributed by atoms with Gasteiger partial charge in [-0.2, -0.15) is 0 Å². The predicted molar refractivity (Wildman–Crippen MR) is 159 cm³/mol. The number of carboxylic acid groups (broad SMARTS) is 1. The molecule has 0 aliphatic heterocycles. The van der Waals surface area contributed by atoms with Crippen LogP contribution in [0.1, 0.15) is 59.8 Å². The highest BCUT2D eigenvalue weighted by Gasteiger charge is 2.35. The normalized spacial score (nSPS) is 13.1. The summed E-state index contributed by atoms with van der Waals surface area (Å²) < 4.78 is 16.2. The molecular weight excluding hydrogens is 536 g/mol. The van der Waals surface area contributed by atoms with E-state index in [1.54, 1.807) is 69.2 Å². The van der Waals surface area contributed by atoms with Crippen molar-refractivity contribution in [3.63, 3.8) is 0 Å². The Balaban J connectivity index is 1.68. The highest BCUT2D eigenvalue weighted by molar-refractivity contribution is 6.14. The molecule has 3 aromatic carbocycles. The van der Waals surface area contributed by atoms with E-state index in [1.807, 2.05) is 24.3 Å². The van der Waals surface area contributed by atoms with Gasteiger partial charge in [0, 0.05) is 36.0 Å². The van der Waals surface area contributed by atoms with Crippen LogP contribution in [0.2, 0.25) is 0 Å². The van der Waals surface area contributed by atoms with Crippen molar-refractivity contribution in [1.29, 1.82) is 0 Å². The number of carboxylic acids is 1. The Morgan fingerprint density at radius 1 is 0.952 bits per heavy atom. The van der Waals surface area contributed by atoms with Crippen molar-refractivity contribution in [1.82, 2.24) is 5.32 Å². The first-order valence-electron chi connectivity index (χ1n) is 13.9. The first-order valence-corrected chi connectivity index (χ1v) is 13.9. The summed E-state index contributed by atoms with van der Waals surface area (Å²) in [5, 5.41) is 13.2. The highest BCUT2D eigenvalue weighted by atomic mass is 16.6. The summed E-state index contributed by atoms with van der Waals surface area (Å²) in [5.74, 6) is -0.727. The van der Waals surface area contributed by atoms with E-state index in [-0.39, 0.29) is 18.7 Å². The molecule has 4 rings (SSSR count). The second kappa shape index (κ2) is 13.0. The summed E-state index contributed by atoms with van der Waals surface area (Å²) >= 11 is 0. The van der Waals surface area contributed by atoms with Crippen LogP contribution >= 0.6 is 0 Å². The van der Waals surface area contributed by atoms with Crippen LogP contribution in [0.25, 0.3) is 0 Å². The van der Waals surface area contributed by atoms with Crippen LogP contribution in [0, 0.1) is 0 Å². The van der Waals surface area contributed by atoms with Gasteiger partial charge in [0.15, 0.2) is 11.8 Å². The van der Waals surface area contributed by atoms with Crippen LogP contribution in [0.3, 0.4) is 0 Å². The number of nitrogens with one attached hydrogen (secondary N) is 1. The van der Waals surface area contributed by atoms with Gasteiger partial charge >= 0.3 is 12.1 Å². The van der Waals surface area contributed by atoms with Crippen molar-refractivity contribution in [2.75, 3.05) is 19.1 Å². The SMILES string of the molecule is COc1ccc(CN(c2ccc3c(c2)CCC3)[C@H](C(=O)O)C(=O)c2cccc(CNC(=O)OC(C)(C)C)c2)c(OC)c1. The van der Waals surface area contributed by atoms with Gasteiger partial charge in [0.2, 0.25) is 0 Å². The number of alkyl carbamates (subject to hydrolysis) is 1. The minimum atomic E-state index is -1.52. The Hall–Kier alpha value is -4.53. The number of hydrogen-bond donors (Lipinski definition) is 2. The first-order chi connectivity index (χ1) is 20.0. The van der Waals surface area contributed by atoms with Gasteiger partial charge in [-0.3, -0.25) is 4.79 Å². The molecule has 9 nitrogen and oxygen atoms in total. The van der Waals surface area contributed by atoms with Crippen molar-refractivity contribution in [2.45, 2.75) is 64.8 Å². The topological polar surface area (TPSA) is 114 Å². The lowest BCUT2D eigenvalue weighted by atomic mass is 9.98. The van der Waals surface area contributed by atoms with Gasteiger partial charge in [0.05, 0.1) is 14.2 Å². The molecule has 0 radical (unpaired) electrons. The zero-order valence-electron chi connectivity index (χ0n) is 24.7. The third-order valence-electron chi connectivity index (χ3n) is 7.09. The number of nitrogens with zero attached hydrogens (tertiary/aromatic N) is 1. The van der Waals surface area contributed by atoms with E-state index in [4.69, 9.17) is 14.2 Å². The van der Waals surface area contributed by atoms with Gasteiger partial charge < -0.3 is 29.5 Å². The number of benzene rings is 3. The molecule has 0 spiro atoms. The summed E-state index contributed by atoms with van der Waals surface area (Å²) in [4.78, 5) is 40.6. The number of aliphatic carboxylic acids is 1. The fourth-order valence-electron chi connectivity index (χ4n) is 5.10. The number of methoxy groups -OCH3 is 2.